The lowest BCUT2D eigenvalue weighted by molar-refractivity contribution is 0.102. The Bertz CT molecular complexity index is 929. The lowest BCUT2D eigenvalue weighted by Crippen LogP contribution is -2.16. The third-order valence-electron chi connectivity index (χ3n) is 3.39. The van der Waals surface area contributed by atoms with Crippen molar-refractivity contribution in [2.45, 2.75) is 13.8 Å². The number of carbonyl (C=O) groups excluding carboxylic acids is 1. The van der Waals surface area contributed by atoms with Gasteiger partial charge in [-0.15, -0.1) is 0 Å². The molecule has 0 fully saturated rings. The molecule has 0 radical (unpaired) electrons. The Balaban J connectivity index is 1.89. The van der Waals surface area contributed by atoms with E-state index in [1.807, 2.05) is 6.92 Å². The van der Waals surface area contributed by atoms with Crippen LogP contribution in [0.4, 0.5) is 21.5 Å². The molecule has 0 unspecified atom stereocenters. The highest BCUT2D eigenvalue weighted by atomic mass is 19.1. The maximum atomic E-state index is 13.3. The minimum Gasteiger partial charge on any atom is -0.352 e. The number of halogens is 1. The molecule has 0 saturated carbocycles. The summed E-state index contributed by atoms with van der Waals surface area (Å²) < 4.78 is 13.3. The maximum Gasteiger partial charge on any atom is 0.276 e. The number of pyridine rings is 3. The fraction of sp³-hybridized carbons (Fsp3) is 0.111. The molecule has 3 heterocycles. The third kappa shape index (κ3) is 4.14. The minimum absolute atomic E-state index is 0.207. The van der Waals surface area contributed by atoms with Crippen LogP contribution in [0.5, 0.6) is 0 Å². The van der Waals surface area contributed by atoms with Crippen molar-refractivity contribution < 1.29 is 9.18 Å². The first-order chi connectivity index (χ1) is 12.0. The smallest absolute Gasteiger partial charge is 0.276 e. The van der Waals surface area contributed by atoms with Crippen molar-refractivity contribution in [3.8, 4) is 0 Å². The van der Waals surface area contributed by atoms with Crippen molar-refractivity contribution in [3.63, 3.8) is 0 Å². The molecule has 0 aliphatic heterocycles. The number of nitrogens with zero attached hydrogens (tertiary/aromatic N) is 3. The van der Waals surface area contributed by atoms with Crippen molar-refractivity contribution in [1.82, 2.24) is 15.0 Å². The number of aryl methyl sites for hydroxylation is 2. The molecule has 0 aromatic carbocycles. The first-order valence-corrected chi connectivity index (χ1v) is 7.60. The molecule has 6 nitrogen and oxygen atoms in total. The largest absolute Gasteiger partial charge is 0.352 e. The molecular formula is C18H16FN5O. The molecule has 0 bridgehead atoms. The van der Waals surface area contributed by atoms with Crippen LogP contribution in [0, 0.1) is 19.7 Å². The second-order valence-electron chi connectivity index (χ2n) is 5.51. The Labute approximate surface area is 144 Å². The topological polar surface area (TPSA) is 79.8 Å². The van der Waals surface area contributed by atoms with Gasteiger partial charge in [0.1, 0.15) is 5.82 Å². The van der Waals surface area contributed by atoms with Crippen LogP contribution < -0.4 is 10.6 Å². The van der Waals surface area contributed by atoms with Crippen molar-refractivity contribution >= 4 is 23.0 Å². The average Bonchev–Trinajstić information content (AvgIpc) is 2.56. The van der Waals surface area contributed by atoms with Gasteiger partial charge < -0.3 is 10.6 Å². The predicted molar refractivity (Wildman–Crippen MR) is 93.4 cm³/mol. The van der Waals surface area contributed by atoms with Crippen molar-refractivity contribution in [1.29, 1.82) is 0 Å². The Morgan fingerprint density at radius 1 is 1.04 bits per heavy atom. The van der Waals surface area contributed by atoms with Crippen molar-refractivity contribution in [2.75, 3.05) is 10.6 Å². The van der Waals surface area contributed by atoms with E-state index in [1.165, 1.54) is 12.3 Å². The van der Waals surface area contributed by atoms with Crippen LogP contribution in [0.3, 0.4) is 0 Å². The summed E-state index contributed by atoms with van der Waals surface area (Å²) in [6.07, 6.45) is 4.20. The van der Waals surface area contributed by atoms with Gasteiger partial charge in [0.25, 0.3) is 5.91 Å². The van der Waals surface area contributed by atoms with Gasteiger partial charge in [0.05, 0.1) is 23.8 Å². The van der Waals surface area contributed by atoms with Gasteiger partial charge in [0.2, 0.25) is 0 Å². The van der Waals surface area contributed by atoms with Crippen LogP contribution in [-0.2, 0) is 0 Å². The number of nitrogens with one attached hydrogen (secondary N) is 2. The zero-order valence-electron chi connectivity index (χ0n) is 13.7. The van der Waals surface area contributed by atoms with Crippen LogP contribution in [0.25, 0.3) is 0 Å². The zero-order chi connectivity index (χ0) is 17.8. The summed E-state index contributed by atoms with van der Waals surface area (Å²) >= 11 is 0. The molecule has 3 rings (SSSR count). The Kier molecular flexibility index (Phi) is 4.65. The number of rotatable bonds is 4. The number of hydrogen-bond acceptors (Lipinski definition) is 5. The van der Waals surface area contributed by atoms with Gasteiger partial charge in [-0.3, -0.25) is 14.8 Å². The molecule has 3 aromatic rings. The van der Waals surface area contributed by atoms with Crippen molar-refractivity contribution in [3.05, 3.63) is 71.8 Å². The second kappa shape index (κ2) is 7.04. The molecule has 0 saturated heterocycles. The first-order valence-electron chi connectivity index (χ1n) is 7.60. The van der Waals surface area contributed by atoms with Gasteiger partial charge >= 0.3 is 0 Å². The summed E-state index contributed by atoms with van der Waals surface area (Å²) in [6, 6.07) is 8.24. The number of amides is 1. The highest BCUT2D eigenvalue weighted by molar-refractivity contribution is 6.07. The zero-order valence-corrected chi connectivity index (χ0v) is 13.7. The van der Waals surface area contributed by atoms with Crippen LogP contribution in [0.15, 0.2) is 48.9 Å². The predicted octanol–water partition coefficient (Wildman–Crippen LogP) is 3.62. The monoisotopic (exact) mass is 337 g/mol. The van der Waals surface area contributed by atoms with Crippen LogP contribution >= 0.6 is 0 Å². The molecule has 126 valence electrons. The van der Waals surface area contributed by atoms with Crippen LogP contribution in [0.1, 0.15) is 21.9 Å². The Morgan fingerprint density at radius 3 is 2.64 bits per heavy atom. The van der Waals surface area contributed by atoms with E-state index in [1.54, 1.807) is 37.4 Å². The lowest BCUT2D eigenvalue weighted by Gasteiger charge is -2.12. The van der Waals surface area contributed by atoms with Crippen LogP contribution in [0.2, 0.25) is 0 Å². The number of hydrogen-bond donors (Lipinski definition) is 2. The maximum absolute atomic E-state index is 13.3. The Morgan fingerprint density at radius 2 is 1.88 bits per heavy atom. The summed E-state index contributed by atoms with van der Waals surface area (Å²) in [6.45, 7) is 3.63. The van der Waals surface area contributed by atoms with Gasteiger partial charge in [0.15, 0.2) is 5.69 Å². The lowest BCUT2D eigenvalue weighted by atomic mass is 10.2. The van der Waals surface area contributed by atoms with Gasteiger partial charge in [-0.2, -0.15) is 0 Å². The van der Waals surface area contributed by atoms with Gasteiger partial charge in [-0.25, -0.2) is 9.37 Å². The molecule has 0 aliphatic rings. The summed E-state index contributed by atoms with van der Waals surface area (Å²) in [4.78, 5) is 24.8. The van der Waals surface area contributed by atoms with E-state index in [0.717, 1.165) is 11.9 Å². The van der Waals surface area contributed by atoms with E-state index in [-0.39, 0.29) is 11.6 Å². The van der Waals surface area contributed by atoms with E-state index in [4.69, 9.17) is 0 Å². The molecule has 2 N–H and O–H groups in total. The van der Waals surface area contributed by atoms with E-state index in [9.17, 15) is 9.18 Å². The van der Waals surface area contributed by atoms with Gasteiger partial charge in [0, 0.05) is 29.3 Å². The quantitative estimate of drug-likeness (QED) is 0.760. The highest BCUT2D eigenvalue weighted by Crippen LogP contribution is 2.21. The molecule has 25 heavy (non-hydrogen) atoms. The molecule has 0 spiro atoms. The summed E-state index contributed by atoms with van der Waals surface area (Å²) in [7, 11) is 0. The Hall–Kier alpha value is -3.35. The first kappa shape index (κ1) is 16.5. The van der Waals surface area contributed by atoms with Gasteiger partial charge in [-0.05, 0) is 38.1 Å². The SMILES string of the molecule is Cc1cc(NC(=O)c2nc(C)ccc2Nc2cncc(F)c2)ccn1. The molecular weight excluding hydrogens is 321 g/mol. The third-order valence-corrected chi connectivity index (χ3v) is 3.39. The number of carbonyl (C=O) groups is 1. The molecule has 7 heteroatoms. The summed E-state index contributed by atoms with van der Waals surface area (Å²) in [5, 5.41) is 5.77. The fourth-order valence-corrected chi connectivity index (χ4v) is 2.28. The number of aromatic nitrogens is 3. The van der Waals surface area contributed by atoms with E-state index >= 15 is 0 Å². The van der Waals surface area contributed by atoms with E-state index < -0.39 is 5.82 Å². The van der Waals surface area contributed by atoms with Crippen molar-refractivity contribution in [2.24, 2.45) is 0 Å². The highest BCUT2D eigenvalue weighted by Gasteiger charge is 2.15. The molecule has 1 amide bonds. The number of anilines is 3. The van der Waals surface area contributed by atoms with Crippen LogP contribution in [-0.4, -0.2) is 20.9 Å². The standard InChI is InChI=1S/C18H16FN5O/c1-11-3-4-16(23-15-8-13(19)9-20-10-15)17(22-11)18(25)24-14-5-6-21-12(2)7-14/h3-10,23H,1-2H3,(H,21,24,25). The summed E-state index contributed by atoms with van der Waals surface area (Å²) in [5.74, 6) is -0.843. The fourth-order valence-electron chi connectivity index (χ4n) is 2.28. The average molecular weight is 337 g/mol. The van der Waals surface area contributed by atoms with E-state index in [2.05, 4.69) is 25.6 Å². The minimum atomic E-state index is -0.469. The molecule has 0 aliphatic carbocycles. The molecule has 3 aromatic heterocycles. The van der Waals surface area contributed by atoms with Gasteiger partial charge in [-0.1, -0.05) is 0 Å². The summed E-state index contributed by atoms with van der Waals surface area (Å²) in [5.41, 5.74) is 3.21. The van der Waals surface area contributed by atoms with E-state index in [0.29, 0.717) is 22.8 Å². The second-order valence-corrected chi connectivity index (χ2v) is 5.51. The normalized spacial score (nSPS) is 10.4. The molecule has 0 atom stereocenters.